The summed E-state index contributed by atoms with van der Waals surface area (Å²) in [5, 5.41) is 4.40. The molecule has 1 heterocycles. The van der Waals surface area contributed by atoms with Crippen molar-refractivity contribution in [1.29, 1.82) is 0 Å². The molecule has 1 unspecified atom stereocenters. The molecule has 0 aromatic carbocycles. The molecule has 1 atom stereocenters. The minimum atomic E-state index is 0.565. The Morgan fingerprint density at radius 2 is 2.33 bits per heavy atom. The molecule has 0 radical (unpaired) electrons. The van der Waals surface area contributed by atoms with E-state index in [0.29, 0.717) is 6.04 Å². The van der Waals surface area contributed by atoms with E-state index in [2.05, 4.69) is 31.1 Å². The van der Waals surface area contributed by atoms with Crippen molar-refractivity contribution in [2.24, 2.45) is 10.9 Å². The van der Waals surface area contributed by atoms with Gasteiger partial charge in [0.1, 0.15) is 0 Å². The van der Waals surface area contributed by atoms with Gasteiger partial charge in [0.25, 0.3) is 0 Å². The first-order chi connectivity index (χ1) is 7.18. The minimum Gasteiger partial charge on any atom is -0.380 e. The summed E-state index contributed by atoms with van der Waals surface area (Å²) in [7, 11) is 0. The van der Waals surface area contributed by atoms with Crippen LogP contribution in [0.3, 0.4) is 0 Å². The van der Waals surface area contributed by atoms with Crippen molar-refractivity contribution in [1.82, 2.24) is 5.32 Å². The number of thioether (sulfide) groups is 1. The van der Waals surface area contributed by atoms with E-state index in [1.54, 1.807) is 11.8 Å². The van der Waals surface area contributed by atoms with E-state index in [0.717, 1.165) is 43.0 Å². The predicted octanol–water partition coefficient (Wildman–Crippen LogP) is 2.13. The SMILES string of the molecule is CC(C)CCOCCN=C1NC(C)CS1. The zero-order valence-electron chi connectivity index (χ0n) is 9.95. The molecule has 1 aliphatic rings. The van der Waals surface area contributed by atoms with Crippen molar-refractivity contribution in [2.75, 3.05) is 25.5 Å². The molecule has 0 spiro atoms. The average Bonchev–Trinajstić information content (AvgIpc) is 2.57. The molecular weight excluding hydrogens is 208 g/mol. The van der Waals surface area contributed by atoms with Crippen LogP contribution in [0.2, 0.25) is 0 Å². The summed E-state index contributed by atoms with van der Waals surface area (Å²) in [4.78, 5) is 4.43. The van der Waals surface area contributed by atoms with Crippen LogP contribution in [0.1, 0.15) is 27.2 Å². The second-order valence-corrected chi connectivity index (χ2v) is 5.35. The fourth-order valence-electron chi connectivity index (χ4n) is 1.22. The summed E-state index contributed by atoms with van der Waals surface area (Å²) >= 11 is 1.80. The lowest BCUT2D eigenvalue weighted by Crippen LogP contribution is -2.23. The Labute approximate surface area is 97.1 Å². The molecule has 1 rings (SSSR count). The first-order valence-electron chi connectivity index (χ1n) is 5.70. The average molecular weight is 230 g/mol. The van der Waals surface area contributed by atoms with Crippen molar-refractivity contribution < 1.29 is 4.74 Å². The molecule has 1 aliphatic heterocycles. The molecule has 0 saturated carbocycles. The largest absolute Gasteiger partial charge is 0.380 e. The van der Waals surface area contributed by atoms with Crippen LogP contribution in [-0.2, 0) is 4.74 Å². The van der Waals surface area contributed by atoms with Gasteiger partial charge in [0.15, 0.2) is 5.17 Å². The number of amidine groups is 1. The van der Waals surface area contributed by atoms with Gasteiger partial charge in [-0.1, -0.05) is 25.6 Å². The monoisotopic (exact) mass is 230 g/mol. The highest BCUT2D eigenvalue weighted by Crippen LogP contribution is 2.12. The van der Waals surface area contributed by atoms with Crippen LogP contribution in [0.5, 0.6) is 0 Å². The van der Waals surface area contributed by atoms with Crippen LogP contribution in [-0.4, -0.2) is 36.7 Å². The molecule has 1 N–H and O–H groups in total. The molecule has 1 saturated heterocycles. The van der Waals surface area contributed by atoms with Crippen molar-refractivity contribution in [3.8, 4) is 0 Å². The first-order valence-corrected chi connectivity index (χ1v) is 6.68. The van der Waals surface area contributed by atoms with Crippen LogP contribution < -0.4 is 5.32 Å². The highest BCUT2D eigenvalue weighted by Gasteiger charge is 2.14. The lowest BCUT2D eigenvalue weighted by molar-refractivity contribution is 0.131. The van der Waals surface area contributed by atoms with Crippen LogP contribution in [0.25, 0.3) is 0 Å². The molecular formula is C11H22N2OS. The number of aliphatic imine (C=N–C) groups is 1. The molecule has 1 fully saturated rings. The second kappa shape index (κ2) is 7.12. The Morgan fingerprint density at radius 3 is 2.93 bits per heavy atom. The topological polar surface area (TPSA) is 33.6 Å². The molecule has 0 aromatic rings. The quantitative estimate of drug-likeness (QED) is 0.710. The molecule has 3 nitrogen and oxygen atoms in total. The highest BCUT2D eigenvalue weighted by atomic mass is 32.2. The molecule has 88 valence electrons. The zero-order valence-corrected chi connectivity index (χ0v) is 10.8. The maximum Gasteiger partial charge on any atom is 0.156 e. The Hall–Kier alpha value is -0.220. The number of nitrogens with one attached hydrogen (secondary N) is 1. The maximum atomic E-state index is 5.49. The third-order valence-electron chi connectivity index (χ3n) is 2.17. The summed E-state index contributed by atoms with van der Waals surface area (Å²) in [5.41, 5.74) is 0. The fourth-order valence-corrected chi connectivity index (χ4v) is 2.18. The fraction of sp³-hybridized carbons (Fsp3) is 0.909. The molecule has 0 amide bonds. The van der Waals surface area contributed by atoms with Gasteiger partial charge in [-0.25, -0.2) is 0 Å². The van der Waals surface area contributed by atoms with Crippen LogP contribution in [0, 0.1) is 5.92 Å². The predicted molar refractivity (Wildman–Crippen MR) is 67.6 cm³/mol. The summed E-state index contributed by atoms with van der Waals surface area (Å²) in [6, 6.07) is 0.565. The van der Waals surface area contributed by atoms with Crippen molar-refractivity contribution >= 4 is 16.9 Å². The van der Waals surface area contributed by atoms with E-state index in [9.17, 15) is 0 Å². The number of hydrogen-bond donors (Lipinski definition) is 1. The van der Waals surface area contributed by atoms with E-state index in [1.165, 1.54) is 0 Å². The Kier molecular flexibility index (Phi) is 6.10. The van der Waals surface area contributed by atoms with Crippen molar-refractivity contribution in [2.45, 2.75) is 33.2 Å². The number of nitrogens with zero attached hydrogens (tertiary/aromatic N) is 1. The van der Waals surface area contributed by atoms with E-state index >= 15 is 0 Å². The van der Waals surface area contributed by atoms with Crippen LogP contribution in [0.15, 0.2) is 4.99 Å². The van der Waals surface area contributed by atoms with Gasteiger partial charge < -0.3 is 10.1 Å². The third-order valence-corrected chi connectivity index (χ3v) is 3.36. The van der Waals surface area contributed by atoms with E-state index < -0.39 is 0 Å². The van der Waals surface area contributed by atoms with Gasteiger partial charge in [0.05, 0.1) is 13.2 Å². The molecule has 15 heavy (non-hydrogen) atoms. The lowest BCUT2D eigenvalue weighted by atomic mass is 10.1. The van der Waals surface area contributed by atoms with Crippen LogP contribution in [0.4, 0.5) is 0 Å². The summed E-state index contributed by atoms with van der Waals surface area (Å²) in [6.45, 7) is 8.98. The van der Waals surface area contributed by atoms with Gasteiger partial charge in [-0.3, -0.25) is 4.99 Å². The summed E-state index contributed by atoms with van der Waals surface area (Å²) < 4.78 is 5.49. The summed E-state index contributed by atoms with van der Waals surface area (Å²) in [5.74, 6) is 1.86. The third kappa shape index (κ3) is 6.05. The Bertz CT molecular complexity index is 207. The van der Waals surface area contributed by atoms with E-state index in [4.69, 9.17) is 4.74 Å². The van der Waals surface area contributed by atoms with Gasteiger partial charge in [0, 0.05) is 18.4 Å². The van der Waals surface area contributed by atoms with E-state index in [1.807, 2.05) is 0 Å². The van der Waals surface area contributed by atoms with Gasteiger partial charge in [-0.15, -0.1) is 0 Å². The van der Waals surface area contributed by atoms with Gasteiger partial charge in [-0.05, 0) is 19.3 Å². The standard InChI is InChI=1S/C11H22N2OS/c1-9(2)4-6-14-7-5-12-11-13-10(3)8-15-11/h9-10H,4-8H2,1-3H3,(H,12,13). The van der Waals surface area contributed by atoms with Gasteiger partial charge in [0.2, 0.25) is 0 Å². The van der Waals surface area contributed by atoms with Gasteiger partial charge >= 0.3 is 0 Å². The smallest absolute Gasteiger partial charge is 0.156 e. The number of rotatable bonds is 6. The number of hydrogen-bond acceptors (Lipinski definition) is 3. The van der Waals surface area contributed by atoms with Crippen molar-refractivity contribution in [3.63, 3.8) is 0 Å². The molecule has 4 heteroatoms. The molecule has 0 aromatic heterocycles. The van der Waals surface area contributed by atoms with Gasteiger partial charge in [-0.2, -0.15) is 0 Å². The normalized spacial score (nSPS) is 23.7. The van der Waals surface area contributed by atoms with Crippen LogP contribution >= 0.6 is 11.8 Å². The minimum absolute atomic E-state index is 0.565. The lowest BCUT2D eigenvalue weighted by Gasteiger charge is -2.05. The van der Waals surface area contributed by atoms with Crippen molar-refractivity contribution in [3.05, 3.63) is 0 Å². The maximum absolute atomic E-state index is 5.49. The molecule has 0 aliphatic carbocycles. The Balaban J connectivity index is 1.97. The molecule has 0 bridgehead atoms. The Morgan fingerprint density at radius 1 is 1.53 bits per heavy atom. The highest BCUT2D eigenvalue weighted by molar-refractivity contribution is 8.14. The van der Waals surface area contributed by atoms with E-state index in [-0.39, 0.29) is 0 Å². The zero-order chi connectivity index (χ0) is 11.1. The summed E-state index contributed by atoms with van der Waals surface area (Å²) in [6.07, 6.45) is 1.14. The number of ether oxygens (including phenoxy) is 1. The first kappa shape index (κ1) is 12.8. The second-order valence-electron chi connectivity index (χ2n) is 4.34.